The van der Waals surface area contributed by atoms with Crippen LogP contribution < -0.4 is 5.32 Å². The van der Waals surface area contributed by atoms with E-state index in [1.165, 1.54) is 0 Å². The number of nitrogens with one attached hydrogen (secondary N) is 1. The second-order valence-electron chi connectivity index (χ2n) is 7.16. The highest BCUT2D eigenvalue weighted by molar-refractivity contribution is 5.86. The summed E-state index contributed by atoms with van der Waals surface area (Å²) in [6.07, 6.45) is 0.283. The Morgan fingerprint density at radius 3 is 2.25 bits per heavy atom. The molecule has 24 heavy (non-hydrogen) atoms. The summed E-state index contributed by atoms with van der Waals surface area (Å²) in [5, 5.41) is 2.98. The number of nitrogens with zero attached hydrogens (tertiary/aromatic N) is 3. The zero-order valence-electron chi connectivity index (χ0n) is 15.3. The van der Waals surface area contributed by atoms with E-state index in [2.05, 4.69) is 22.2 Å². The lowest BCUT2D eigenvalue weighted by Crippen LogP contribution is -2.50. The maximum absolute atomic E-state index is 12.6. The zero-order valence-corrected chi connectivity index (χ0v) is 15.3. The maximum atomic E-state index is 12.6. The lowest BCUT2D eigenvalue weighted by atomic mass is 10.0. The molecule has 2 fully saturated rings. The fourth-order valence-corrected chi connectivity index (χ4v) is 3.14. The van der Waals surface area contributed by atoms with Crippen LogP contribution >= 0.6 is 0 Å². The second-order valence-corrected chi connectivity index (χ2v) is 7.16. The quantitative estimate of drug-likeness (QED) is 0.714. The Hall–Kier alpha value is -1.18. The Kier molecular flexibility index (Phi) is 7.45. The average Bonchev–Trinajstić information content (AvgIpc) is 2.56. The first kappa shape index (κ1) is 19.1. The van der Waals surface area contributed by atoms with Crippen LogP contribution in [0.2, 0.25) is 0 Å². The van der Waals surface area contributed by atoms with Crippen molar-refractivity contribution in [2.75, 3.05) is 66.1 Å². The largest absolute Gasteiger partial charge is 0.378 e. The molecule has 2 aliphatic heterocycles. The van der Waals surface area contributed by atoms with Crippen LogP contribution in [0.3, 0.4) is 0 Å². The van der Waals surface area contributed by atoms with Crippen molar-refractivity contribution in [2.45, 2.75) is 26.3 Å². The van der Waals surface area contributed by atoms with E-state index < -0.39 is 0 Å². The number of rotatable bonds is 6. The van der Waals surface area contributed by atoms with Crippen LogP contribution in [0.5, 0.6) is 0 Å². The summed E-state index contributed by atoms with van der Waals surface area (Å²) in [4.78, 5) is 31.5. The standard InChI is InChI=1S/C17H32N4O3/c1-14(2)18-17(23)15(13-20-6-4-19(3)5-7-20)12-16(22)21-8-10-24-11-9-21/h14-15H,4-13H2,1-3H3,(H,18,23)/t15-/m0/s1. The monoisotopic (exact) mass is 340 g/mol. The molecule has 7 nitrogen and oxygen atoms in total. The average molecular weight is 340 g/mol. The molecule has 0 aromatic carbocycles. The van der Waals surface area contributed by atoms with Crippen molar-refractivity contribution in [1.82, 2.24) is 20.0 Å². The molecule has 2 heterocycles. The van der Waals surface area contributed by atoms with Crippen LogP contribution in [0.1, 0.15) is 20.3 Å². The first-order valence-corrected chi connectivity index (χ1v) is 9.02. The van der Waals surface area contributed by atoms with Crippen molar-refractivity contribution in [3.8, 4) is 0 Å². The van der Waals surface area contributed by atoms with Gasteiger partial charge in [-0.25, -0.2) is 0 Å². The van der Waals surface area contributed by atoms with E-state index in [0.29, 0.717) is 32.8 Å². The van der Waals surface area contributed by atoms with Gasteiger partial charge in [-0.1, -0.05) is 0 Å². The fourth-order valence-electron chi connectivity index (χ4n) is 3.14. The molecule has 0 bridgehead atoms. The number of likely N-dealkylation sites (N-methyl/N-ethyl adjacent to an activating group) is 1. The lowest BCUT2D eigenvalue weighted by Gasteiger charge is -2.35. The van der Waals surface area contributed by atoms with Gasteiger partial charge < -0.3 is 19.9 Å². The van der Waals surface area contributed by atoms with Crippen LogP contribution in [0.4, 0.5) is 0 Å². The zero-order chi connectivity index (χ0) is 17.5. The third-order valence-electron chi connectivity index (χ3n) is 4.66. The van der Waals surface area contributed by atoms with E-state index in [1.807, 2.05) is 18.7 Å². The summed E-state index contributed by atoms with van der Waals surface area (Å²) in [5.74, 6) is -0.229. The number of amides is 2. The summed E-state index contributed by atoms with van der Waals surface area (Å²) in [6, 6.07) is 0.0889. The molecular formula is C17H32N4O3. The molecule has 0 aliphatic carbocycles. The number of ether oxygens (including phenoxy) is 1. The highest BCUT2D eigenvalue weighted by Crippen LogP contribution is 2.13. The topological polar surface area (TPSA) is 65.1 Å². The Bertz CT molecular complexity index is 416. The van der Waals surface area contributed by atoms with Crippen molar-refractivity contribution in [1.29, 1.82) is 0 Å². The van der Waals surface area contributed by atoms with E-state index >= 15 is 0 Å². The molecule has 2 aliphatic rings. The molecule has 2 rings (SSSR count). The van der Waals surface area contributed by atoms with Crippen molar-refractivity contribution in [3.05, 3.63) is 0 Å². The van der Waals surface area contributed by atoms with Gasteiger partial charge in [0.05, 0.1) is 19.1 Å². The molecule has 0 aromatic rings. The molecule has 7 heteroatoms. The van der Waals surface area contributed by atoms with Crippen LogP contribution in [0.25, 0.3) is 0 Å². The van der Waals surface area contributed by atoms with Crippen LogP contribution in [-0.4, -0.2) is 98.6 Å². The van der Waals surface area contributed by atoms with Crippen molar-refractivity contribution in [2.24, 2.45) is 5.92 Å². The lowest BCUT2D eigenvalue weighted by molar-refractivity contribution is -0.140. The summed E-state index contributed by atoms with van der Waals surface area (Å²) < 4.78 is 5.30. The van der Waals surface area contributed by atoms with Gasteiger partial charge in [0, 0.05) is 58.3 Å². The summed E-state index contributed by atoms with van der Waals surface area (Å²) in [6.45, 7) is 10.9. The third-order valence-corrected chi connectivity index (χ3v) is 4.66. The number of carbonyl (C=O) groups is 2. The van der Waals surface area contributed by atoms with Crippen molar-refractivity contribution >= 4 is 11.8 Å². The number of hydrogen-bond acceptors (Lipinski definition) is 5. The SMILES string of the molecule is CC(C)NC(=O)[C@@H](CC(=O)N1CCOCC1)CN1CCN(C)CC1. The van der Waals surface area contributed by atoms with Gasteiger partial charge in [-0.05, 0) is 20.9 Å². The van der Waals surface area contributed by atoms with Crippen LogP contribution in [0, 0.1) is 5.92 Å². The molecular weight excluding hydrogens is 308 g/mol. The Morgan fingerprint density at radius 2 is 1.67 bits per heavy atom. The molecule has 0 saturated carbocycles. The van der Waals surface area contributed by atoms with E-state index in [1.54, 1.807) is 0 Å². The smallest absolute Gasteiger partial charge is 0.225 e. The Labute approximate surface area is 145 Å². The van der Waals surface area contributed by atoms with Crippen molar-refractivity contribution < 1.29 is 14.3 Å². The van der Waals surface area contributed by atoms with Gasteiger partial charge in [-0.2, -0.15) is 0 Å². The van der Waals surface area contributed by atoms with E-state index in [-0.39, 0.29) is 30.2 Å². The minimum Gasteiger partial charge on any atom is -0.378 e. The van der Waals surface area contributed by atoms with E-state index in [0.717, 1.165) is 26.2 Å². The predicted octanol–water partition coefficient (Wildman–Crippen LogP) is -0.376. The molecule has 2 amide bonds. The Morgan fingerprint density at radius 1 is 1.04 bits per heavy atom. The number of piperazine rings is 1. The molecule has 0 aromatic heterocycles. The minimum atomic E-state index is -0.286. The maximum Gasteiger partial charge on any atom is 0.225 e. The van der Waals surface area contributed by atoms with Crippen molar-refractivity contribution in [3.63, 3.8) is 0 Å². The van der Waals surface area contributed by atoms with Gasteiger partial charge in [0.2, 0.25) is 11.8 Å². The number of morpholine rings is 1. The van der Waals surface area contributed by atoms with Gasteiger partial charge in [0.25, 0.3) is 0 Å². The van der Waals surface area contributed by atoms with Crippen LogP contribution in [-0.2, 0) is 14.3 Å². The normalized spacial score (nSPS) is 21.8. The van der Waals surface area contributed by atoms with Gasteiger partial charge in [0.1, 0.15) is 0 Å². The second kappa shape index (κ2) is 9.34. The van der Waals surface area contributed by atoms with Crippen LogP contribution in [0.15, 0.2) is 0 Å². The molecule has 0 unspecified atom stereocenters. The van der Waals surface area contributed by atoms with E-state index in [9.17, 15) is 9.59 Å². The minimum absolute atomic E-state index is 0.00876. The van der Waals surface area contributed by atoms with E-state index in [4.69, 9.17) is 4.74 Å². The number of carbonyl (C=O) groups excluding carboxylic acids is 2. The molecule has 1 atom stereocenters. The van der Waals surface area contributed by atoms with Gasteiger partial charge in [-0.3, -0.25) is 14.5 Å². The first-order chi connectivity index (χ1) is 11.5. The molecule has 1 N–H and O–H groups in total. The van der Waals surface area contributed by atoms with Gasteiger partial charge >= 0.3 is 0 Å². The first-order valence-electron chi connectivity index (χ1n) is 9.02. The third kappa shape index (κ3) is 6.03. The predicted molar refractivity (Wildman–Crippen MR) is 92.7 cm³/mol. The number of hydrogen-bond donors (Lipinski definition) is 1. The van der Waals surface area contributed by atoms with Gasteiger partial charge in [-0.15, -0.1) is 0 Å². The molecule has 0 radical (unpaired) electrons. The molecule has 2 saturated heterocycles. The fraction of sp³-hybridized carbons (Fsp3) is 0.882. The summed E-state index contributed by atoms with van der Waals surface area (Å²) >= 11 is 0. The summed E-state index contributed by atoms with van der Waals surface area (Å²) in [5.41, 5.74) is 0. The summed E-state index contributed by atoms with van der Waals surface area (Å²) in [7, 11) is 2.11. The van der Waals surface area contributed by atoms with Gasteiger partial charge in [0.15, 0.2) is 0 Å². The highest BCUT2D eigenvalue weighted by atomic mass is 16.5. The molecule has 0 spiro atoms. The molecule has 138 valence electrons. The highest BCUT2D eigenvalue weighted by Gasteiger charge is 2.28. The Balaban J connectivity index is 1.93.